The molecule has 4 nitrogen and oxygen atoms in total. The molecule has 0 spiro atoms. The maximum Gasteiger partial charge on any atom is 1.00 e. The van der Waals surface area contributed by atoms with Gasteiger partial charge in [-0.15, -0.1) is 0 Å². The van der Waals surface area contributed by atoms with Crippen LogP contribution in [0, 0.1) is 13.8 Å². The van der Waals surface area contributed by atoms with Crippen LogP contribution in [0.1, 0.15) is 44.2 Å². The van der Waals surface area contributed by atoms with Crippen LogP contribution in [0.5, 0.6) is 0 Å². The van der Waals surface area contributed by atoms with Crippen LogP contribution in [0.25, 0.3) is 0 Å². The molecule has 0 aliphatic carbocycles. The van der Waals surface area contributed by atoms with Gasteiger partial charge in [0, 0.05) is 16.6 Å². The molecular formula is C15H22NNaO3S. The van der Waals surface area contributed by atoms with Gasteiger partial charge in [0.15, 0.2) is 0 Å². The summed E-state index contributed by atoms with van der Waals surface area (Å²) in [5.74, 6) is 0.338. The Hall–Kier alpha value is -0.0700. The Morgan fingerprint density at radius 3 is 2.52 bits per heavy atom. The molecule has 21 heavy (non-hydrogen) atoms. The minimum Gasteiger partial charge on any atom is -0.376 e. The molecular weight excluding hydrogens is 297 g/mol. The normalized spacial score (nSPS) is 22.2. The van der Waals surface area contributed by atoms with E-state index >= 15 is 0 Å². The molecule has 1 N–H and O–H groups in total. The van der Waals surface area contributed by atoms with Gasteiger partial charge in [-0.3, -0.25) is 4.55 Å². The molecule has 0 saturated carbocycles. The van der Waals surface area contributed by atoms with Crippen LogP contribution in [-0.4, -0.2) is 23.9 Å². The standard InChI is InChI=1S/C15H22NO3S.Na/c1-10-6-7-13-11(2)9-15(4,5)16(14(13)8-10)12(3)20(17,18)19;/h6-8,11-12H,3,9H2,1-2,4-5H3,(H,17,18,19);/q-1;+1. The summed E-state index contributed by atoms with van der Waals surface area (Å²) in [6, 6.07) is 6.03. The van der Waals surface area contributed by atoms with E-state index in [1.807, 2.05) is 39.0 Å². The van der Waals surface area contributed by atoms with Crippen LogP contribution in [0.3, 0.4) is 0 Å². The summed E-state index contributed by atoms with van der Waals surface area (Å²) in [6.45, 7) is 11.7. The van der Waals surface area contributed by atoms with Crippen LogP contribution in [0.4, 0.5) is 5.69 Å². The van der Waals surface area contributed by atoms with Gasteiger partial charge in [0.25, 0.3) is 10.1 Å². The van der Waals surface area contributed by atoms with Gasteiger partial charge < -0.3 is 11.8 Å². The van der Waals surface area contributed by atoms with E-state index in [1.54, 1.807) is 4.90 Å². The van der Waals surface area contributed by atoms with Crippen molar-refractivity contribution in [3.8, 4) is 0 Å². The molecule has 1 aliphatic heterocycles. The zero-order chi connectivity index (χ0) is 15.3. The summed E-state index contributed by atoms with van der Waals surface area (Å²) in [7, 11) is -4.23. The number of nitrogens with zero attached hydrogens (tertiary/aromatic N) is 1. The molecule has 6 heteroatoms. The molecule has 2 atom stereocenters. The first kappa shape index (κ1) is 19.0. The molecule has 0 bridgehead atoms. The second-order valence-electron chi connectivity index (χ2n) is 6.32. The fourth-order valence-corrected chi connectivity index (χ4v) is 3.91. The molecule has 0 radical (unpaired) electrons. The molecule has 0 fully saturated rings. The Bertz CT molecular complexity index is 628. The average Bonchev–Trinajstić information content (AvgIpc) is 2.25. The number of aryl methyl sites for hydroxylation is 1. The van der Waals surface area contributed by atoms with Crippen molar-refractivity contribution in [2.45, 2.75) is 50.9 Å². The van der Waals surface area contributed by atoms with Crippen molar-refractivity contribution in [1.82, 2.24) is 0 Å². The van der Waals surface area contributed by atoms with Crippen molar-refractivity contribution in [3.05, 3.63) is 36.2 Å². The van der Waals surface area contributed by atoms with E-state index in [0.717, 1.165) is 23.2 Å². The maximum absolute atomic E-state index is 11.5. The minimum absolute atomic E-state index is 0. The number of rotatable bonds is 2. The van der Waals surface area contributed by atoms with Crippen LogP contribution in [0.2, 0.25) is 0 Å². The largest absolute Gasteiger partial charge is 1.00 e. The first-order valence-electron chi connectivity index (χ1n) is 6.73. The number of hydrogen-bond acceptors (Lipinski definition) is 3. The maximum atomic E-state index is 11.5. The van der Waals surface area contributed by atoms with Gasteiger partial charge in [0.1, 0.15) is 0 Å². The predicted molar refractivity (Wildman–Crippen MR) is 81.5 cm³/mol. The van der Waals surface area contributed by atoms with E-state index in [-0.39, 0.29) is 35.1 Å². The summed E-state index contributed by atoms with van der Waals surface area (Å²) >= 11 is 0. The average molecular weight is 319 g/mol. The van der Waals surface area contributed by atoms with Crippen molar-refractivity contribution in [2.24, 2.45) is 0 Å². The Labute approximate surface area is 150 Å². The molecule has 1 aromatic rings. The summed E-state index contributed by atoms with van der Waals surface area (Å²) in [4.78, 5) is 1.73. The first-order valence-corrected chi connectivity index (χ1v) is 8.23. The zero-order valence-corrected chi connectivity index (χ0v) is 16.2. The second kappa shape index (κ2) is 6.20. The quantitative estimate of drug-likeness (QED) is 0.479. The Morgan fingerprint density at radius 2 is 2.00 bits per heavy atom. The van der Waals surface area contributed by atoms with Gasteiger partial charge in [-0.1, -0.05) is 19.1 Å². The van der Waals surface area contributed by atoms with Crippen LogP contribution in [0.15, 0.2) is 18.2 Å². The molecule has 1 heterocycles. The van der Waals surface area contributed by atoms with Crippen LogP contribution in [-0.2, 0) is 10.1 Å². The van der Waals surface area contributed by atoms with Gasteiger partial charge in [0.05, 0.1) is 0 Å². The molecule has 2 rings (SSSR count). The summed E-state index contributed by atoms with van der Waals surface area (Å²) < 4.78 is 32.5. The molecule has 0 aromatic heterocycles. The SMILES string of the molecule is [CH2-]C(N1c2cc(C)ccc2C(C)CC1(C)C)S(=O)(=O)O.[Na+]. The molecule has 2 unspecified atom stereocenters. The summed E-state index contributed by atoms with van der Waals surface area (Å²) in [5, 5.41) is -1.20. The predicted octanol–water partition coefficient (Wildman–Crippen LogP) is 0.139. The van der Waals surface area contributed by atoms with Crippen LogP contribution >= 0.6 is 0 Å². The topological polar surface area (TPSA) is 57.6 Å². The minimum atomic E-state index is -4.23. The van der Waals surface area contributed by atoms with Crippen molar-refractivity contribution >= 4 is 15.8 Å². The summed E-state index contributed by atoms with van der Waals surface area (Å²) in [6.07, 6.45) is 0.810. The van der Waals surface area contributed by atoms with Gasteiger partial charge in [-0.2, -0.15) is 0 Å². The molecule has 1 aliphatic rings. The number of anilines is 1. The van der Waals surface area contributed by atoms with Crippen LogP contribution < -0.4 is 34.5 Å². The smallest absolute Gasteiger partial charge is 0.376 e. The van der Waals surface area contributed by atoms with Crippen molar-refractivity contribution in [2.75, 3.05) is 4.90 Å². The summed E-state index contributed by atoms with van der Waals surface area (Å²) in [5.41, 5.74) is 2.63. The number of benzene rings is 1. The van der Waals surface area contributed by atoms with Gasteiger partial charge in [-0.05, 0) is 50.3 Å². The fraction of sp³-hybridized carbons (Fsp3) is 0.533. The Morgan fingerprint density at radius 1 is 1.43 bits per heavy atom. The van der Waals surface area contributed by atoms with E-state index in [0.29, 0.717) is 5.92 Å². The molecule has 1 aromatic carbocycles. The molecule has 0 amide bonds. The molecule has 112 valence electrons. The van der Waals surface area contributed by atoms with Crippen molar-refractivity contribution in [1.29, 1.82) is 0 Å². The van der Waals surface area contributed by atoms with Crippen molar-refractivity contribution < 1.29 is 42.5 Å². The van der Waals surface area contributed by atoms with E-state index in [9.17, 15) is 13.0 Å². The second-order valence-corrected chi connectivity index (χ2v) is 7.89. The van der Waals surface area contributed by atoms with E-state index in [1.165, 1.54) is 0 Å². The number of fused-ring (bicyclic) bond motifs is 1. The van der Waals surface area contributed by atoms with E-state index in [2.05, 4.69) is 13.8 Å². The van der Waals surface area contributed by atoms with Gasteiger partial charge >= 0.3 is 29.6 Å². The van der Waals surface area contributed by atoms with E-state index < -0.39 is 15.5 Å². The first-order chi connectivity index (χ1) is 9.04. The number of hydrogen-bond donors (Lipinski definition) is 1. The third kappa shape index (κ3) is 3.64. The van der Waals surface area contributed by atoms with Crippen molar-refractivity contribution in [3.63, 3.8) is 0 Å². The fourth-order valence-electron chi connectivity index (χ4n) is 3.24. The van der Waals surface area contributed by atoms with E-state index in [4.69, 9.17) is 0 Å². The van der Waals surface area contributed by atoms with Gasteiger partial charge in [-0.25, -0.2) is 8.42 Å². The third-order valence-electron chi connectivity index (χ3n) is 4.07. The zero-order valence-electron chi connectivity index (χ0n) is 13.4. The Kier molecular flexibility index (Phi) is 5.61. The monoisotopic (exact) mass is 319 g/mol. The van der Waals surface area contributed by atoms with Gasteiger partial charge in [0.2, 0.25) is 0 Å². The Balaban J connectivity index is 0.00000220. The molecule has 0 saturated heterocycles. The third-order valence-corrected chi connectivity index (χ3v) is 4.96.